The average Bonchev–Trinajstić information content (AvgIpc) is 2.92. The summed E-state index contributed by atoms with van der Waals surface area (Å²) in [6.45, 7) is 0. The molecule has 0 amide bonds. The first kappa shape index (κ1) is 13.4. The molecular weight excluding hydrogens is 294 g/mol. The van der Waals surface area contributed by atoms with E-state index < -0.39 is 6.17 Å². The van der Waals surface area contributed by atoms with E-state index in [0.29, 0.717) is 11.7 Å². The number of aliphatic imine (C=N–C) groups is 1. The van der Waals surface area contributed by atoms with E-state index in [2.05, 4.69) is 15.3 Å². The van der Waals surface area contributed by atoms with Crippen molar-refractivity contribution in [3.05, 3.63) is 48.0 Å². The minimum Gasteiger partial charge on any atom is -0.504 e. The monoisotopic (exact) mass is 309 g/mol. The van der Waals surface area contributed by atoms with Crippen molar-refractivity contribution in [1.82, 2.24) is 9.55 Å². The Balaban J connectivity index is 1.91. The summed E-state index contributed by atoms with van der Waals surface area (Å²) in [6.07, 6.45) is -0.407. The number of nitrogens with two attached hydrogens (primary N) is 1. The molecular formula is C16H15N5O2. The fourth-order valence-electron chi connectivity index (χ4n) is 2.81. The van der Waals surface area contributed by atoms with Gasteiger partial charge >= 0.3 is 0 Å². The lowest BCUT2D eigenvalue weighted by Crippen LogP contribution is -2.31. The molecule has 7 nitrogen and oxygen atoms in total. The van der Waals surface area contributed by atoms with Gasteiger partial charge in [-0.15, -0.1) is 0 Å². The summed E-state index contributed by atoms with van der Waals surface area (Å²) >= 11 is 0. The fourth-order valence-corrected chi connectivity index (χ4v) is 2.81. The van der Waals surface area contributed by atoms with Crippen LogP contribution in [0.2, 0.25) is 0 Å². The van der Waals surface area contributed by atoms with Gasteiger partial charge in [0.25, 0.3) is 0 Å². The number of phenols is 1. The summed E-state index contributed by atoms with van der Waals surface area (Å²) in [6, 6.07) is 13.0. The number of hydrogen-bond acceptors (Lipinski definition) is 6. The first-order valence-electron chi connectivity index (χ1n) is 7.11. The number of ether oxygens (including phenoxy) is 1. The molecule has 0 aliphatic carbocycles. The molecule has 116 valence electrons. The van der Waals surface area contributed by atoms with Crippen molar-refractivity contribution in [3.63, 3.8) is 0 Å². The van der Waals surface area contributed by atoms with E-state index in [9.17, 15) is 5.11 Å². The number of guanidine groups is 1. The van der Waals surface area contributed by atoms with E-state index in [1.54, 1.807) is 12.1 Å². The standard InChI is InChI=1S/C16H15N5O2/c1-23-13-7-6-9(8-12(13)22)14-19-15(17)20-16-18-10-4-2-3-5-11(10)21(14)16/h2-8,14,22H,1H3,(H3,17,18,19,20)/t14-/m0/s1. The van der Waals surface area contributed by atoms with Crippen LogP contribution in [0.15, 0.2) is 47.5 Å². The van der Waals surface area contributed by atoms with E-state index in [0.717, 1.165) is 16.6 Å². The zero-order valence-corrected chi connectivity index (χ0v) is 12.4. The number of imidazole rings is 1. The number of rotatable bonds is 2. The summed E-state index contributed by atoms with van der Waals surface area (Å²) in [7, 11) is 1.51. The number of nitrogens with zero attached hydrogens (tertiary/aromatic N) is 3. The lowest BCUT2D eigenvalue weighted by Gasteiger charge is -2.24. The van der Waals surface area contributed by atoms with Crippen molar-refractivity contribution in [1.29, 1.82) is 0 Å². The van der Waals surface area contributed by atoms with Gasteiger partial charge in [-0.1, -0.05) is 18.2 Å². The van der Waals surface area contributed by atoms with Gasteiger partial charge in [-0.25, -0.2) is 9.98 Å². The predicted molar refractivity (Wildman–Crippen MR) is 87.8 cm³/mol. The van der Waals surface area contributed by atoms with Crippen LogP contribution in [0.1, 0.15) is 11.7 Å². The minimum absolute atomic E-state index is 0.0586. The molecule has 0 unspecified atom stereocenters. The third-order valence-electron chi connectivity index (χ3n) is 3.84. The number of hydrogen-bond donors (Lipinski definition) is 3. The van der Waals surface area contributed by atoms with Crippen LogP contribution in [0.5, 0.6) is 11.5 Å². The van der Waals surface area contributed by atoms with Crippen molar-refractivity contribution in [2.45, 2.75) is 6.17 Å². The second kappa shape index (κ2) is 4.91. The van der Waals surface area contributed by atoms with Gasteiger partial charge in [0, 0.05) is 5.56 Å². The van der Waals surface area contributed by atoms with Crippen molar-refractivity contribution in [3.8, 4) is 11.5 Å². The Morgan fingerprint density at radius 3 is 2.87 bits per heavy atom. The van der Waals surface area contributed by atoms with Crippen molar-refractivity contribution >= 4 is 22.9 Å². The largest absolute Gasteiger partial charge is 0.504 e. The predicted octanol–water partition coefficient (Wildman–Crippen LogP) is 2.04. The number of para-hydroxylation sites is 2. The summed E-state index contributed by atoms with van der Waals surface area (Å²) in [5, 5.41) is 13.0. The molecule has 0 saturated carbocycles. The minimum atomic E-state index is -0.407. The van der Waals surface area contributed by atoms with Gasteiger partial charge in [0.1, 0.15) is 0 Å². The fraction of sp³-hybridized carbons (Fsp3) is 0.125. The second-order valence-corrected chi connectivity index (χ2v) is 5.24. The summed E-state index contributed by atoms with van der Waals surface area (Å²) in [5.74, 6) is 1.38. The highest BCUT2D eigenvalue weighted by Crippen LogP contribution is 2.35. The zero-order chi connectivity index (χ0) is 16.0. The number of anilines is 1. The molecule has 3 aromatic rings. The smallest absolute Gasteiger partial charge is 0.212 e. The SMILES string of the molecule is COc1ccc([C@H]2N=C(N)Nc3nc4ccccc4n32)cc1O. The molecule has 0 saturated heterocycles. The molecule has 0 bridgehead atoms. The van der Waals surface area contributed by atoms with Crippen LogP contribution < -0.4 is 15.8 Å². The van der Waals surface area contributed by atoms with E-state index in [1.807, 2.05) is 34.9 Å². The molecule has 2 aromatic carbocycles. The van der Waals surface area contributed by atoms with E-state index in [1.165, 1.54) is 7.11 Å². The molecule has 0 radical (unpaired) electrons. The van der Waals surface area contributed by atoms with Crippen LogP contribution in [0.25, 0.3) is 11.0 Å². The number of methoxy groups -OCH3 is 1. The maximum absolute atomic E-state index is 10.1. The van der Waals surface area contributed by atoms with Crippen LogP contribution in [0, 0.1) is 0 Å². The van der Waals surface area contributed by atoms with Gasteiger partial charge in [0.05, 0.1) is 18.1 Å². The maximum Gasteiger partial charge on any atom is 0.212 e. The molecule has 0 spiro atoms. The summed E-state index contributed by atoms with van der Waals surface area (Å²) in [5.41, 5.74) is 8.47. The maximum atomic E-state index is 10.1. The molecule has 4 rings (SSSR count). The molecule has 1 aliphatic heterocycles. The molecule has 0 fully saturated rings. The topological polar surface area (TPSA) is 97.7 Å². The number of fused-ring (bicyclic) bond motifs is 3. The van der Waals surface area contributed by atoms with Gasteiger partial charge in [-0.3, -0.25) is 9.88 Å². The third kappa shape index (κ3) is 2.05. The van der Waals surface area contributed by atoms with Gasteiger partial charge < -0.3 is 15.6 Å². The van der Waals surface area contributed by atoms with Crippen LogP contribution in [-0.4, -0.2) is 27.7 Å². The van der Waals surface area contributed by atoms with Crippen molar-refractivity contribution in [2.24, 2.45) is 10.7 Å². The number of phenolic OH excluding ortho intramolecular Hbond substituents is 1. The molecule has 1 aromatic heterocycles. The van der Waals surface area contributed by atoms with Gasteiger partial charge in [-0.2, -0.15) is 0 Å². The molecule has 4 N–H and O–H groups in total. The Morgan fingerprint density at radius 2 is 2.09 bits per heavy atom. The highest BCUT2D eigenvalue weighted by molar-refractivity contribution is 5.94. The summed E-state index contributed by atoms with van der Waals surface area (Å²) < 4.78 is 7.04. The van der Waals surface area contributed by atoms with Crippen LogP contribution in [0.4, 0.5) is 5.95 Å². The third-order valence-corrected chi connectivity index (χ3v) is 3.84. The van der Waals surface area contributed by atoms with Gasteiger partial charge in [0.2, 0.25) is 5.95 Å². The Kier molecular flexibility index (Phi) is 2.87. The molecule has 1 atom stereocenters. The Labute approximate surface area is 132 Å². The number of aromatic nitrogens is 2. The second-order valence-electron chi connectivity index (χ2n) is 5.24. The van der Waals surface area contributed by atoms with E-state index in [4.69, 9.17) is 10.5 Å². The summed E-state index contributed by atoms with van der Waals surface area (Å²) in [4.78, 5) is 9.01. The normalized spacial score (nSPS) is 16.6. The molecule has 23 heavy (non-hydrogen) atoms. The van der Waals surface area contributed by atoms with Crippen LogP contribution in [-0.2, 0) is 0 Å². The van der Waals surface area contributed by atoms with Gasteiger partial charge in [-0.05, 0) is 24.3 Å². The van der Waals surface area contributed by atoms with Crippen molar-refractivity contribution < 1.29 is 9.84 Å². The highest BCUT2D eigenvalue weighted by Gasteiger charge is 2.25. The van der Waals surface area contributed by atoms with Gasteiger partial charge in [0.15, 0.2) is 23.6 Å². The lowest BCUT2D eigenvalue weighted by atomic mass is 10.1. The number of benzene rings is 2. The molecule has 2 heterocycles. The van der Waals surface area contributed by atoms with Crippen LogP contribution in [0.3, 0.4) is 0 Å². The Bertz CT molecular complexity index is 931. The molecule has 1 aliphatic rings. The first-order valence-corrected chi connectivity index (χ1v) is 7.11. The van der Waals surface area contributed by atoms with Crippen LogP contribution >= 0.6 is 0 Å². The van der Waals surface area contributed by atoms with E-state index in [-0.39, 0.29) is 11.7 Å². The lowest BCUT2D eigenvalue weighted by molar-refractivity contribution is 0.372. The quantitative estimate of drug-likeness (QED) is 0.673. The Hall–Kier alpha value is -3.22. The molecule has 7 heteroatoms. The van der Waals surface area contributed by atoms with Crippen molar-refractivity contribution in [2.75, 3.05) is 12.4 Å². The first-order chi connectivity index (χ1) is 11.2. The highest BCUT2D eigenvalue weighted by atomic mass is 16.5. The Morgan fingerprint density at radius 1 is 1.26 bits per heavy atom. The average molecular weight is 309 g/mol. The number of aromatic hydroxyl groups is 1. The van der Waals surface area contributed by atoms with E-state index >= 15 is 0 Å². The zero-order valence-electron chi connectivity index (χ0n) is 12.4. The number of nitrogens with one attached hydrogen (secondary N) is 1.